The van der Waals surface area contributed by atoms with E-state index in [1.807, 2.05) is 13.0 Å². The van der Waals surface area contributed by atoms with Gasteiger partial charge in [0.05, 0.1) is 5.69 Å². The maximum atomic E-state index is 13.3. The van der Waals surface area contributed by atoms with Crippen LogP contribution in [-0.2, 0) is 0 Å². The lowest BCUT2D eigenvalue weighted by atomic mass is 10.2. The zero-order valence-electron chi connectivity index (χ0n) is 12.3. The summed E-state index contributed by atoms with van der Waals surface area (Å²) in [5.41, 5.74) is 2.64. The molecule has 0 radical (unpaired) electrons. The van der Waals surface area contributed by atoms with Crippen molar-refractivity contribution in [2.75, 3.05) is 5.32 Å². The number of halogens is 3. The lowest BCUT2D eigenvalue weighted by Crippen LogP contribution is -2.16. The minimum absolute atomic E-state index is 0.176. The van der Waals surface area contributed by atoms with Crippen LogP contribution < -0.4 is 5.32 Å². The first-order chi connectivity index (χ1) is 10.9. The Kier molecular flexibility index (Phi) is 3.89. The van der Waals surface area contributed by atoms with Crippen molar-refractivity contribution >= 4 is 33.2 Å². The van der Waals surface area contributed by atoms with E-state index in [2.05, 4.69) is 26.2 Å². The number of aryl methyl sites for hydroxylation is 2. The molecule has 2 aromatic heterocycles. The van der Waals surface area contributed by atoms with E-state index in [-0.39, 0.29) is 5.69 Å². The number of rotatable bonds is 2. The molecule has 7 heteroatoms. The van der Waals surface area contributed by atoms with Crippen molar-refractivity contribution in [3.63, 3.8) is 0 Å². The topological polar surface area (TPSA) is 46.4 Å². The standard InChI is InChI=1S/C16H12BrF2N3O/c1-8-5-10(17)7-22-14(9(2)20-15(8)22)16(23)21-11-3-4-12(18)13(19)6-11/h3-7H,1-2H3,(H,21,23). The number of hydrogen-bond donors (Lipinski definition) is 1. The second kappa shape index (κ2) is 5.73. The number of anilines is 1. The number of nitrogens with one attached hydrogen (secondary N) is 1. The number of nitrogens with zero attached hydrogens (tertiary/aromatic N) is 2. The lowest BCUT2D eigenvalue weighted by Gasteiger charge is -2.07. The van der Waals surface area contributed by atoms with Gasteiger partial charge >= 0.3 is 0 Å². The molecule has 1 N–H and O–H groups in total. The molecule has 0 aliphatic rings. The summed E-state index contributed by atoms with van der Waals surface area (Å²) in [7, 11) is 0. The first-order valence-electron chi connectivity index (χ1n) is 6.78. The van der Waals surface area contributed by atoms with Crippen LogP contribution in [0.15, 0.2) is 34.9 Å². The molecule has 3 aromatic rings. The molecule has 0 aliphatic carbocycles. The van der Waals surface area contributed by atoms with Gasteiger partial charge in [0.2, 0.25) is 0 Å². The van der Waals surface area contributed by atoms with Gasteiger partial charge in [-0.2, -0.15) is 0 Å². The lowest BCUT2D eigenvalue weighted by molar-refractivity contribution is 0.102. The Hall–Kier alpha value is -2.28. The molecular formula is C16H12BrF2N3O. The van der Waals surface area contributed by atoms with E-state index in [9.17, 15) is 13.6 Å². The van der Waals surface area contributed by atoms with Crippen molar-refractivity contribution in [3.8, 4) is 0 Å². The van der Waals surface area contributed by atoms with Crippen molar-refractivity contribution in [2.45, 2.75) is 13.8 Å². The first kappa shape index (κ1) is 15.6. The minimum atomic E-state index is -1.02. The smallest absolute Gasteiger partial charge is 0.274 e. The van der Waals surface area contributed by atoms with E-state index in [4.69, 9.17) is 0 Å². The van der Waals surface area contributed by atoms with E-state index in [0.717, 1.165) is 22.2 Å². The van der Waals surface area contributed by atoms with Crippen LogP contribution in [0.1, 0.15) is 21.7 Å². The number of imidazole rings is 1. The predicted octanol–water partition coefficient (Wildman–Crippen LogP) is 4.24. The molecule has 4 nitrogen and oxygen atoms in total. The molecule has 23 heavy (non-hydrogen) atoms. The summed E-state index contributed by atoms with van der Waals surface area (Å²) < 4.78 is 28.7. The molecule has 118 valence electrons. The van der Waals surface area contributed by atoms with Crippen molar-refractivity contribution in [1.82, 2.24) is 9.38 Å². The fourth-order valence-corrected chi connectivity index (χ4v) is 2.97. The molecule has 0 saturated heterocycles. The molecule has 1 amide bonds. The van der Waals surface area contributed by atoms with Gasteiger partial charge in [-0.05, 0) is 53.5 Å². The van der Waals surface area contributed by atoms with Crippen LogP contribution in [0, 0.1) is 25.5 Å². The zero-order valence-corrected chi connectivity index (χ0v) is 13.9. The monoisotopic (exact) mass is 379 g/mol. The largest absolute Gasteiger partial charge is 0.321 e. The summed E-state index contributed by atoms with van der Waals surface area (Å²) in [4.78, 5) is 16.9. The van der Waals surface area contributed by atoms with E-state index in [0.29, 0.717) is 17.0 Å². The molecule has 1 aromatic carbocycles. The van der Waals surface area contributed by atoms with Gasteiger partial charge in [0.1, 0.15) is 11.3 Å². The molecule has 2 heterocycles. The van der Waals surface area contributed by atoms with Gasteiger partial charge < -0.3 is 5.32 Å². The van der Waals surface area contributed by atoms with Crippen molar-refractivity contribution < 1.29 is 13.6 Å². The third-order valence-corrected chi connectivity index (χ3v) is 3.87. The number of benzene rings is 1. The molecule has 0 atom stereocenters. The molecule has 0 bridgehead atoms. The summed E-state index contributed by atoms with van der Waals surface area (Å²) in [6, 6.07) is 5.11. The van der Waals surface area contributed by atoms with Crippen LogP contribution in [0.25, 0.3) is 5.65 Å². The molecule has 0 spiro atoms. The fourth-order valence-electron chi connectivity index (χ4n) is 2.42. The Balaban J connectivity index is 2.04. The van der Waals surface area contributed by atoms with E-state index in [1.165, 1.54) is 6.07 Å². The maximum absolute atomic E-state index is 13.3. The summed E-state index contributed by atoms with van der Waals surface area (Å²) in [5.74, 6) is -2.43. The SMILES string of the molecule is Cc1nc2c(C)cc(Br)cn2c1C(=O)Nc1ccc(F)c(F)c1. The average molecular weight is 380 g/mol. The highest BCUT2D eigenvalue weighted by atomic mass is 79.9. The minimum Gasteiger partial charge on any atom is -0.321 e. The fraction of sp³-hybridized carbons (Fsp3) is 0.125. The Labute approximate surface area is 139 Å². The maximum Gasteiger partial charge on any atom is 0.274 e. The molecule has 0 fully saturated rings. The second-order valence-electron chi connectivity index (χ2n) is 5.16. The number of amides is 1. The highest BCUT2D eigenvalue weighted by molar-refractivity contribution is 9.10. The van der Waals surface area contributed by atoms with Crippen LogP contribution >= 0.6 is 15.9 Å². The highest BCUT2D eigenvalue weighted by Crippen LogP contribution is 2.22. The van der Waals surface area contributed by atoms with Crippen LogP contribution in [0.2, 0.25) is 0 Å². The van der Waals surface area contributed by atoms with E-state index in [1.54, 1.807) is 17.5 Å². The van der Waals surface area contributed by atoms with Gasteiger partial charge in [-0.25, -0.2) is 13.8 Å². The van der Waals surface area contributed by atoms with Gasteiger partial charge in [-0.15, -0.1) is 0 Å². The Bertz CT molecular complexity index is 937. The summed E-state index contributed by atoms with van der Waals surface area (Å²) in [6.07, 6.45) is 1.74. The second-order valence-corrected chi connectivity index (χ2v) is 6.08. The van der Waals surface area contributed by atoms with Crippen molar-refractivity contribution in [1.29, 1.82) is 0 Å². The average Bonchev–Trinajstić information content (AvgIpc) is 2.79. The summed E-state index contributed by atoms with van der Waals surface area (Å²) in [5, 5.41) is 2.56. The number of pyridine rings is 1. The van der Waals surface area contributed by atoms with Crippen molar-refractivity contribution in [3.05, 3.63) is 63.5 Å². The number of carbonyl (C=O) groups is 1. The first-order valence-corrected chi connectivity index (χ1v) is 7.57. The summed E-state index contributed by atoms with van der Waals surface area (Å²) in [6.45, 7) is 3.62. The number of hydrogen-bond acceptors (Lipinski definition) is 2. The molecule has 0 aliphatic heterocycles. The molecular weight excluding hydrogens is 368 g/mol. The normalized spacial score (nSPS) is 11.0. The number of carbonyl (C=O) groups excluding carboxylic acids is 1. The predicted molar refractivity (Wildman–Crippen MR) is 86.7 cm³/mol. The van der Waals surface area contributed by atoms with E-state index < -0.39 is 17.5 Å². The number of aromatic nitrogens is 2. The van der Waals surface area contributed by atoms with Crippen LogP contribution in [0.4, 0.5) is 14.5 Å². The van der Waals surface area contributed by atoms with Crippen LogP contribution in [0.5, 0.6) is 0 Å². The van der Waals surface area contributed by atoms with E-state index >= 15 is 0 Å². The summed E-state index contributed by atoms with van der Waals surface area (Å²) >= 11 is 3.39. The van der Waals surface area contributed by atoms with Gasteiger partial charge in [-0.3, -0.25) is 9.20 Å². The Morgan fingerprint density at radius 3 is 2.65 bits per heavy atom. The molecule has 0 unspecified atom stereocenters. The van der Waals surface area contributed by atoms with Gasteiger partial charge in [0.25, 0.3) is 5.91 Å². The Morgan fingerprint density at radius 2 is 1.96 bits per heavy atom. The van der Waals surface area contributed by atoms with Gasteiger partial charge in [-0.1, -0.05) is 0 Å². The quantitative estimate of drug-likeness (QED) is 0.723. The van der Waals surface area contributed by atoms with Gasteiger partial charge in [0.15, 0.2) is 11.6 Å². The van der Waals surface area contributed by atoms with Crippen LogP contribution in [0.3, 0.4) is 0 Å². The van der Waals surface area contributed by atoms with Crippen molar-refractivity contribution in [2.24, 2.45) is 0 Å². The number of fused-ring (bicyclic) bond motifs is 1. The van der Waals surface area contributed by atoms with Crippen LogP contribution in [-0.4, -0.2) is 15.3 Å². The zero-order chi connectivity index (χ0) is 16.7. The molecule has 3 rings (SSSR count). The van der Waals surface area contributed by atoms with Gasteiger partial charge in [0, 0.05) is 22.4 Å². The molecule has 0 saturated carbocycles. The third-order valence-electron chi connectivity index (χ3n) is 3.44. The Morgan fingerprint density at radius 1 is 1.22 bits per heavy atom. The highest BCUT2D eigenvalue weighted by Gasteiger charge is 2.18. The third kappa shape index (κ3) is 2.84.